The summed E-state index contributed by atoms with van der Waals surface area (Å²) in [7, 11) is 3.12. The lowest BCUT2D eigenvalue weighted by Crippen LogP contribution is -2.49. The van der Waals surface area contributed by atoms with Crippen LogP contribution in [0.2, 0.25) is 0 Å². The molecule has 0 saturated heterocycles. The Kier molecular flexibility index (Phi) is 6.43. The van der Waals surface area contributed by atoms with E-state index in [1.54, 1.807) is 33.3 Å². The first-order valence-electron chi connectivity index (χ1n) is 6.12. The average molecular weight is 320 g/mol. The summed E-state index contributed by atoms with van der Waals surface area (Å²) in [5.74, 6) is 1.60. The largest absolute Gasteiger partial charge is 0.493 e. The fraction of sp³-hybridized carbons (Fsp3) is 0.500. The lowest BCUT2D eigenvalue weighted by atomic mass is 10.1. The lowest BCUT2D eigenvalue weighted by molar-refractivity contribution is -0.121. The monoisotopic (exact) mass is 319 g/mol. The van der Waals surface area contributed by atoms with Crippen molar-refractivity contribution in [1.29, 1.82) is 0 Å². The molecule has 4 nitrogen and oxygen atoms in total. The fourth-order valence-electron chi connectivity index (χ4n) is 1.66. The summed E-state index contributed by atoms with van der Waals surface area (Å²) in [6, 6.07) is 5.36. The first-order chi connectivity index (χ1) is 9.47. The average Bonchev–Trinajstić information content (AvgIpc) is 2.46. The predicted octanol–water partition coefficient (Wildman–Crippen LogP) is 2.60. The molecule has 0 aliphatic rings. The second-order valence-electron chi connectivity index (χ2n) is 4.74. The van der Waals surface area contributed by atoms with Crippen LogP contribution in [0.25, 0.3) is 0 Å². The van der Waals surface area contributed by atoms with E-state index in [0.717, 1.165) is 5.56 Å². The Labute approximate surface area is 129 Å². The van der Waals surface area contributed by atoms with Crippen molar-refractivity contribution in [1.82, 2.24) is 5.32 Å². The van der Waals surface area contributed by atoms with Crippen LogP contribution in [0, 0.1) is 0 Å². The molecule has 1 N–H and O–H groups in total. The van der Waals surface area contributed by atoms with E-state index in [0.29, 0.717) is 11.5 Å². The SMILES string of the molecule is COc1ccc(CC(=O)NC(C)(CCl)CCl)cc1OC. The second-order valence-corrected chi connectivity index (χ2v) is 5.28. The van der Waals surface area contributed by atoms with E-state index in [1.807, 2.05) is 6.07 Å². The molecule has 0 aliphatic carbocycles. The van der Waals surface area contributed by atoms with Gasteiger partial charge >= 0.3 is 0 Å². The Morgan fingerprint density at radius 2 is 1.80 bits per heavy atom. The molecule has 1 rings (SSSR count). The summed E-state index contributed by atoms with van der Waals surface area (Å²) in [6.45, 7) is 1.81. The molecule has 0 spiro atoms. The zero-order valence-corrected chi connectivity index (χ0v) is 13.3. The Hall–Kier alpha value is -1.13. The summed E-state index contributed by atoms with van der Waals surface area (Å²) in [5, 5.41) is 2.83. The number of methoxy groups -OCH3 is 2. The molecule has 0 fully saturated rings. The maximum absolute atomic E-state index is 12.0. The van der Waals surface area contributed by atoms with Gasteiger partial charge in [-0.2, -0.15) is 0 Å². The van der Waals surface area contributed by atoms with Crippen molar-refractivity contribution < 1.29 is 14.3 Å². The van der Waals surface area contributed by atoms with E-state index < -0.39 is 5.54 Å². The molecule has 0 heterocycles. The van der Waals surface area contributed by atoms with Crippen LogP contribution in [0.4, 0.5) is 0 Å². The van der Waals surface area contributed by atoms with Crippen LogP contribution in [0.3, 0.4) is 0 Å². The van der Waals surface area contributed by atoms with Gasteiger partial charge in [0.1, 0.15) is 0 Å². The van der Waals surface area contributed by atoms with Gasteiger partial charge in [0.15, 0.2) is 11.5 Å². The summed E-state index contributed by atoms with van der Waals surface area (Å²) in [6.07, 6.45) is 0.226. The fourth-order valence-corrected chi connectivity index (χ4v) is 2.08. The van der Waals surface area contributed by atoms with Gasteiger partial charge in [0.2, 0.25) is 5.91 Å². The molecule has 0 aromatic heterocycles. The van der Waals surface area contributed by atoms with Crippen molar-refractivity contribution in [3.8, 4) is 11.5 Å². The number of hydrogen-bond donors (Lipinski definition) is 1. The van der Waals surface area contributed by atoms with Gasteiger partial charge in [-0.05, 0) is 24.6 Å². The highest BCUT2D eigenvalue weighted by Crippen LogP contribution is 2.27. The first-order valence-corrected chi connectivity index (χ1v) is 7.18. The molecule has 0 aliphatic heterocycles. The minimum absolute atomic E-state index is 0.138. The zero-order chi connectivity index (χ0) is 15.2. The van der Waals surface area contributed by atoms with Crippen LogP contribution in [-0.4, -0.2) is 37.4 Å². The van der Waals surface area contributed by atoms with E-state index in [-0.39, 0.29) is 24.1 Å². The minimum Gasteiger partial charge on any atom is -0.493 e. The number of amides is 1. The third-order valence-corrected chi connectivity index (χ3v) is 4.02. The molecule has 0 bridgehead atoms. The minimum atomic E-state index is -0.600. The van der Waals surface area contributed by atoms with Gasteiger partial charge in [0.25, 0.3) is 0 Å². The van der Waals surface area contributed by atoms with Crippen molar-refractivity contribution in [2.24, 2.45) is 0 Å². The topological polar surface area (TPSA) is 47.6 Å². The summed E-state index contributed by atoms with van der Waals surface area (Å²) in [5.41, 5.74) is 0.225. The maximum Gasteiger partial charge on any atom is 0.224 e. The van der Waals surface area contributed by atoms with Gasteiger partial charge < -0.3 is 14.8 Å². The molecule has 20 heavy (non-hydrogen) atoms. The van der Waals surface area contributed by atoms with E-state index in [2.05, 4.69) is 5.32 Å². The number of nitrogens with one attached hydrogen (secondary N) is 1. The van der Waals surface area contributed by atoms with Gasteiger partial charge in [0.05, 0.1) is 26.2 Å². The predicted molar refractivity (Wildman–Crippen MR) is 81.2 cm³/mol. The van der Waals surface area contributed by atoms with E-state index in [4.69, 9.17) is 32.7 Å². The van der Waals surface area contributed by atoms with Crippen molar-refractivity contribution in [2.45, 2.75) is 18.9 Å². The van der Waals surface area contributed by atoms with Crippen LogP contribution >= 0.6 is 23.2 Å². The van der Waals surface area contributed by atoms with Crippen LogP contribution in [-0.2, 0) is 11.2 Å². The number of alkyl halides is 2. The van der Waals surface area contributed by atoms with Gasteiger partial charge in [-0.15, -0.1) is 23.2 Å². The van der Waals surface area contributed by atoms with Gasteiger partial charge in [0, 0.05) is 11.8 Å². The standard InChI is InChI=1S/C14H19Cl2NO3/c1-14(8-15,9-16)17-13(18)7-10-4-5-11(19-2)12(6-10)20-3/h4-6H,7-9H2,1-3H3,(H,17,18). The quantitative estimate of drug-likeness (QED) is 0.786. The Morgan fingerprint density at radius 1 is 1.20 bits per heavy atom. The third-order valence-electron chi connectivity index (χ3n) is 2.84. The number of carbonyl (C=O) groups is 1. The van der Waals surface area contributed by atoms with Crippen molar-refractivity contribution >= 4 is 29.1 Å². The van der Waals surface area contributed by atoms with E-state index >= 15 is 0 Å². The van der Waals surface area contributed by atoms with Crippen molar-refractivity contribution in [3.63, 3.8) is 0 Å². The highest BCUT2D eigenvalue weighted by molar-refractivity contribution is 6.22. The molecular weight excluding hydrogens is 301 g/mol. The molecule has 0 saturated carbocycles. The van der Waals surface area contributed by atoms with Crippen molar-refractivity contribution in [2.75, 3.05) is 26.0 Å². The molecule has 6 heteroatoms. The zero-order valence-electron chi connectivity index (χ0n) is 11.8. The third kappa shape index (κ3) is 4.46. The number of rotatable bonds is 7. The number of carbonyl (C=O) groups excluding carboxylic acids is 1. The van der Waals surface area contributed by atoms with Gasteiger partial charge in [-0.1, -0.05) is 6.07 Å². The van der Waals surface area contributed by atoms with Crippen molar-refractivity contribution in [3.05, 3.63) is 23.8 Å². The molecule has 0 atom stereocenters. The Bertz CT molecular complexity index is 462. The molecule has 1 aromatic rings. The van der Waals surface area contributed by atoms with Gasteiger partial charge in [-0.25, -0.2) is 0 Å². The van der Waals surface area contributed by atoms with E-state index in [1.165, 1.54) is 0 Å². The van der Waals surface area contributed by atoms with Gasteiger partial charge in [-0.3, -0.25) is 4.79 Å². The summed E-state index contributed by atoms with van der Waals surface area (Å²) in [4.78, 5) is 12.0. The molecule has 1 amide bonds. The summed E-state index contributed by atoms with van der Waals surface area (Å²) >= 11 is 11.6. The second kappa shape index (κ2) is 7.60. The van der Waals surface area contributed by atoms with Crippen LogP contribution < -0.4 is 14.8 Å². The normalized spacial score (nSPS) is 11.1. The van der Waals surface area contributed by atoms with Crippen LogP contribution in [0.5, 0.6) is 11.5 Å². The molecule has 0 radical (unpaired) electrons. The Morgan fingerprint density at radius 3 is 2.30 bits per heavy atom. The maximum atomic E-state index is 12.0. The highest BCUT2D eigenvalue weighted by Gasteiger charge is 2.24. The van der Waals surface area contributed by atoms with Crippen LogP contribution in [0.1, 0.15) is 12.5 Å². The smallest absolute Gasteiger partial charge is 0.224 e. The molecule has 0 unspecified atom stereocenters. The number of benzene rings is 1. The van der Waals surface area contributed by atoms with E-state index in [9.17, 15) is 4.79 Å². The number of halogens is 2. The first kappa shape index (κ1) is 16.9. The summed E-state index contributed by atoms with van der Waals surface area (Å²) < 4.78 is 10.4. The molecule has 1 aromatic carbocycles. The molecular formula is C14H19Cl2NO3. The van der Waals surface area contributed by atoms with Crippen LogP contribution in [0.15, 0.2) is 18.2 Å². The number of ether oxygens (including phenoxy) is 2. The molecule has 112 valence electrons. The highest BCUT2D eigenvalue weighted by atomic mass is 35.5. The lowest BCUT2D eigenvalue weighted by Gasteiger charge is -2.26. The number of hydrogen-bond acceptors (Lipinski definition) is 3. The Balaban J connectivity index is 2.76.